The van der Waals surface area contributed by atoms with Gasteiger partial charge in [-0.3, -0.25) is 25.2 Å². The van der Waals surface area contributed by atoms with E-state index in [0.29, 0.717) is 10.6 Å². The predicted molar refractivity (Wildman–Crippen MR) is 83.0 cm³/mol. The number of non-ortho nitro benzene ring substituents is 1. The summed E-state index contributed by atoms with van der Waals surface area (Å²) in [4.78, 5) is 24.9. The van der Waals surface area contributed by atoms with Gasteiger partial charge in [0.1, 0.15) is 0 Å². The molecule has 0 aliphatic rings. The van der Waals surface area contributed by atoms with Crippen molar-refractivity contribution in [1.82, 2.24) is 4.98 Å². The van der Waals surface area contributed by atoms with E-state index >= 15 is 0 Å². The Kier molecular flexibility index (Phi) is 5.42. The SMILES string of the molecule is O=[N+]([O-])c1ccc(SCCCc2ccncc2)c([N+](=O)[O-])c1. The van der Waals surface area contributed by atoms with Gasteiger partial charge in [0, 0.05) is 18.5 Å². The molecule has 1 aromatic heterocycles. The summed E-state index contributed by atoms with van der Waals surface area (Å²) in [6, 6.07) is 7.59. The van der Waals surface area contributed by atoms with Crippen LogP contribution in [0, 0.1) is 20.2 Å². The van der Waals surface area contributed by atoms with Gasteiger partial charge in [0.05, 0.1) is 20.8 Å². The fourth-order valence-electron chi connectivity index (χ4n) is 1.89. The van der Waals surface area contributed by atoms with Crippen LogP contribution in [0.3, 0.4) is 0 Å². The van der Waals surface area contributed by atoms with Crippen molar-refractivity contribution in [3.05, 3.63) is 68.5 Å². The molecule has 22 heavy (non-hydrogen) atoms. The third-order valence-electron chi connectivity index (χ3n) is 2.97. The molecule has 0 atom stereocenters. The molecular weight excluding hydrogens is 306 g/mol. The van der Waals surface area contributed by atoms with Crippen molar-refractivity contribution >= 4 is 23.1 Å². The quantitative estimate of drug-likeness (QED) is 0.334. The van der Waals surface area contributed by atoms with Gasteiger partial charge in [0.2, 0.25) is 0 Å². The van der Waals surface area contributed by atoms with Gasteiger partial charge in [-0.2, -0.15) is 0 Å². The van der Waals surface area contributed by atoms with E-state index in [1.807, 2.05) is 12.1 Å². The number of nitro groups is 2. The topological polar surface area (TPSA) is 99.2 Å². The third kappa shape index (κ3) is 4.26. The molecule has 0 unspecified atom stereocenters. The highest BCUT2D eigenvalue weighted by molar-refractivity contribution is 7.99. The minimum absolute atomic E-state index is 0.219. The summed E-state index contributed by atoms with van der Waals surface area (Å²) >= 11 is 1.34. The second-order valence-electron chi connectivity index (χ2n) is 4.47. The van der Waals surface area contributed by atoms with Crippen LogP contribution in [0.4, 0.5) is 11.4 Å². The van der Waals surface area contributed by atoms with Crippen molar-refractivity contribution in [3.63, 3.8) is 0 Å². The van der Waals surface area contributed by atoms with Crippen molar-refractivity contribution < 1.29 is 9.85 Å². The highest BCUT2D eigenvalue weighted by atomic mass is 32.2. The lowest BCUT2D eigenvalue weighted by Gasteiger charge is -2.03. The van der Waals surface area contributed by atoms with Crippen LogP contribution in [0.5, 0.6) is 0 Å². The van der Waals surface area contributed by atoms with Gasteiger partial charge in [0.25, 0.3) is 11.4 Å². The summed E-state index contributed by atoms with van der Waals surface area (Å²) in [5, 5.41) is 21.7. The van der Waals surface area contributed by atoms with Crippen LogP contribution in [-0.2, 0) is 6.42 Å². The number of hydrogen-bond donors (Lipinski definition) is 0. The Morgan fingerprint density at radius 1 is 1.05 bits per heavy atom. The lowest BCUT2D eigenvalue weighted by molar-refractivity contribution is -0.396. The van der Waals surface area contributed by atoms with Gasteiger partial charge < -0.3 is 0 Å². The molecule has 114 valence electrons. The zero-order valence-corrected chi connectivity index (χ0v) is 12.4. The Morgan fingerprint density at radius 3 is 2.41 bits per heavy atom. The van der Waals surface area contributed by atoms with Crippen LogP contribution in [0.15, 0.2) is 47.6 Å². The predicted octanol–water partition coefficient (Wildman–Crippen LogP) is 3.62. The average Bonchev–Trinajstić information content (AvgIpc) is 2.52. The maximum absolute atomic E-state index is 11.0. The normalized spacial score (nSPS) is 10.4. The summed E-state index contributed by atoms with van der Waals surface area (Å²) in [6.45, 7) is 0. The third-order valence-corrected chi connectivity index (χ3v) is 4.12. The monoisotopic (exact) mass is 319 g/mol. The summed E-state index contributed by atoms with van der Waals surface area (Å²) in [5.74, 6) is 0.695. The van der Waals surface area contributed by atoms with E-state index in [1.54, 1.807) is 12.4 Å². The van der Waals surface area contributed by atoms with E-state index in [0.717, 1.165) is 24.5 Å². The van der Waals surface area contributed by atoms with Crippen molar-refractivity contribution in [1.29, 1.82) is 0 Å². The number of aryl methyl sites for hydroxylation is 1. The molecule has 0 amide bonds. The summed E-state index contributed by atoms with van der Waals surface area (Å²) in [7, 11) is 0. The smallest absolute Gasteiger partial charge is 0.265 e. The Bertz CT molecular complexity index is 679. The maximum Gasteiger partial charge on any atom is 0.289 e. The summed E-state index contributed by atoms with van der Waals surface area (Å²) in [6.07, 6.45) is 5.16. The second kappa shape index (κ2) is 7.51. The van der Waals surface area contributed by atoms with E-state index in [4.69, 9.17) is 0 Å². The lowest BCUT2D eigenvalue weighted by Crippen LogP contribution is -1.95. The van der Waals surface area contributed by atoms with Crippen molar-refractivity contribution in [3.8, 4) is 0 Å². The molecule has 0 saturated heterocycles. The Morgan fingerprint density at radius 2 is 1.77 bits per heavy atom. The summed E-state index contributed by atoms with van der Waals surface area (Å²) < 4.78 is 0. The molecule has 8 heteroatoms. The summed E-state index contributed by atoms with van der Waals surface area (Å²) in [5.41, 5.74) is 0.671. The first kappa shape index (κ1) is 15.9. The van der Waals surface area contributed by atoms with Crippen molar-refractivity contribution in [2.75, 3.05) is 5.75 Å². The largest absolute Gasteiger partial charge is 0.289 e. The average molecular weight is 319 g/mol. The van der Waals surface area contributed by atoms with Crippen LogP contribution in [0.2, 0.25) is 0 Å². The van der Waals surface area contributed by atoms with Crippen LogP contribution in [0.1, 0.15) is 12.0 Å². The lowest BCUT2D eigenvalue weighted by atomic mass is 10.2. The molecule has 0 fully saturated rings. The first-order valence-corrected chi connectivity index (χ1v) is 7.51. The van der Waals surface area contributed by atoms with Gasteiger partial charge in [-0.05, 0) is 42.4 Å². The minimum Gasteiger partial charge on any atom is -0.265 e. The number of pyridine rings is 1. The van der Waals surface area contributed by atoms with Crippen molar-refractivity contribution in [2.45, 2.75) is 17.7 Å². The molecule has 0 aliphatic heterocycles. The standard InChI is InChI=1S/C14H13N3O4S/c18-16(19)12-3-4-14(13(10-12)17(20)21)22-9-1-2-11-5-7-15-8-6-11/h3-8,10H,1-2,9H2. The minimum atomic E-state index is -0.634. The second-order valence-corrected chi connectivity index (χ2v) is 5.61. The van der Waals surface area contributed by atoms with Crippen LogP contribution < -0.4 is 0 Å². The molecule has 0 radical (unpaired) electrons. The fourth-order valence-corrected chi connectivity index (χ4v) is 2.85. The Balaban J connectivity index is 1.97. The van der Waals surface area contributed by atoms with E-state index in [1.165, 1.54) is 23.9 Å². The molecule has 1 aromatic carbocycles. The first-order valence-electron chi connectivity index (χ1n) is 6.52. The number of benzene rings is 1. The van der Waals surface area contributed by atoms with E-state index < -0.39 is 9.85 Å². The molecule has 7 nitrogen and oxygen atoms in total. The molecule has 2 rings (SSSR count). The zero-order valence-electron chi connectivity index (χ0n) is 11.5. The highest BCUT2D eigenvalue weighted by Crippen LogP contribution is 2.32. The maximum atomic E-state index is 11.0. The fraction of sp³-hybridized carbons (Fsp3) is 0.214. The van der Waals surface area contributed by atoms with Crippen molar-refractivity contribution in [2.24, 2.45) is 0 Å². The highest BCUT2D eigenvalue weighted by Gasteiger charge is 2.19. The molecule has 1 heterocycles. The molecule has 0 bridgehead atoms. The number of aromatic nitrogens is 1. The van der Waals surface area contributed by atoms with E-state index in [2.05, 4.69) is 4.98 Å². The van der Waals surface area contributed by atoms with Gasteiger partial charge in [0.15, 0.2) is 0 Å². The van der Waals surface area contributed by atoms with Crippen LogP contribution in [-0.4, -0.2) is 20.6 Å². The van der Waals surface area contributed by atoms with Gasteiger partial charge in [-0.15, -0.1) is 11.8 Å². The Labute approximate surface area is 130 Å². The van der Waals surface area contributed by atoms with E-state index in [-0.39, 0.29) is 11.4 Å². The zero-order chi connectivity index (χ0) is 15.9. The number of rotatable bonds is 7. The first-order chi connectivity index (χ1) is 10.6. The molecule has 2 aromatic rings. The van der Waals surface area contributed by atoms with Crippen LogP contribution >= 0.6 is 11.8 Å². The van der Waals surface area contributed by atoms with Gasteiger partial charge in [-0.25, -0.2) is 0 Å². The molecular formula is C14H13N3O4S. The molecule has 0 aliphatic carbocycles. The molecule has 0 spiro atoms. The number of hydrogen-bond acceptors (Lipinski definition) is 6. The van der Waals surface area contributed by atoms with E-state index in [9.17, 15) is 20.2 Å². The van der Waals surface area contributed by atoms with Gasteiger partial charge in [-0.1, -0.05) is 0 Å². The molecule has 0 saturated carbocycles. The Hall–Kier alpha value is -2.48. The van der Waals surface area contributed by atoms with Gasteiger partial charge >= 0.3 is 0 Å². The van der Waals surface area contributed by atoms with Crippen LogP contribution in [0.25, 0.3) is 0 Å². The molecule has 0 N–H and O–H groups in total. The number of nitrogens with zero attached hydrogens (tertiary/aromatic N) is 3. The number of nitro benzene ring substituents is 2. The number of thioether (sulfide) groups is 1.